The van der Waals surface area contributed by atoms with E-state index in [4.69, 9.17) is 0 Å². The van der Waals surface area contributed by atoms with Gasteiger partial charge in [-0.1, -0.05) is 13.8 Å². The number of hydrogen-bond donors (Lipinski definition) is 2. The van der Waals surface area contributed by atoms with Crippen LogP contribution in [0, 0.1) is 5.92 Å². The number of nitrogens with one attached hydrogen (secondary N) is 2. The summed E-state index contributed by atoms with van der Waals surface area (Å²) >= 11 is 0. The zero-order valence-corrected chi connectivity index (χ0v) is 7.10. The van der Waals surface area contributed by atoms with E-state index in [9.17, 15) is 9.59 Å². The van der Waals surface area contributed by atoms with E-state index >= 15 is 0 Å². The van der Waals surface area contributed by atoms with Gasteiger partial charge in [0.15, 0.2) is 0 Å². The Morgan fingerprint density at radius 1 is 1.36 bits per heavy atom. The van der Waals surface area contributed by atoms with Crippen LogP contribution < -0.4 is 10.6 Å². The van der Waals surface area contributed by atoms with E-state index < -0.39 is 6.03 Å². The summed E-state index contributed by atoms with van der Waals surface area (Å²) in [7, 11) is 0. The SMILES string of the molecule is CC(=O)NC(=O)NCC(C)C. The molecule has 11 heavy (non-hydrogen) atoms. The van der Waals surface area contributed by atoms with Crippen molar-refractivity contribution in [3.05, 3.63) is 0 Å². The molecule has 0 bridgehead atoms. The maximum absolute atomic E-state index is 10.7. The van der Waals surface area contributed by atoms with Crippen LogP contribution in [0.5, 0.6) is 0 Å². The molecule has 2 N–H and O–H groups in total. The molecule has 0 saturated carbocycles. The Bertz CT molecular complexity index is 155. The highest BCUT2D eigenvalue weighted by Gasteiger charge is 2.01. The molecule has 0 aromatic carbocycles. The molecule has 64 valence electrons. The summed E-state index contributed by atoms with van der Waals surface area (Å²) < 4.78 is 0. The Balaban J connectivity index is 3.46. The van der Waals surface area contributed by atoms with Crippen LogP contribution in [0.4, 0.5) is 4.79 Å². The Morgan fingerprint density at radius 2 is 1.91 bits per heavy atom. The first kappa shape index (κ1) is 9.94. The smallest absolute Gasteiger partial charge is 0.321 e. The van der Waals surface area contributed by atoms with Crippen molar-refractivity contribution in [2.45, 2.75) is 20.8 Å². The lowest BCUT2D eigenvalue weighted by molar-refractivity contribution is -0.117. The van der Waals surface area contributed by atoms with Crippen molar-refractivity contribution < 1.29 is 9.59 Å². The van der Waals surface area contributed by atoms with Gasteiger partial charge in [-0.2, -0.15) is 0 Å². The molecule has 0 rings (SSSR count). The largest absolute Gasteiger partial charge is 0.338 e. The van der Waals surface area contributed by atoms with Crippen molar-refractivity contribution in [3.63, 3.8) is 0 Å². The number of imide groups is 1. The van der Waals surface area contributed by atoms with Gasteiger partial charge in [0.05, 0.1) is 0 Å². The second-order valence-corrected chi connectivity index (χ2v) is 2.79. The second-order valence-electron chi connectivity index (χ2n) is 2.79. The van der Waals surface area contributed by atoms with Crippen molar-refractivity contribution in [2.75, 3.05) is 6.54 Å². The maximum atomic E-state index is 10.7. The van der Waals surface area contributed by atoms with Crippen LogP contribution in [0.15, 0.2) is 0 Å². The zero-order valence-electron chi connectivity index (χ0n) is 7.10. The molecule has 4 heteroatoms. The summed E-state index contributed by atoms with van der Waals surface area (Å²) in [5.74, 6) is 0.0546. The van der Waals surface area contributed by atoms with Crippen LogP contribution >= 0.6 is 0 Å². The average Bonchev–Trinajstić information content (AvgIpc) is 1.82. The van der Waals surface area contributed by atoms with E-state index in [-0.39, 0.29) is 5.91 Å². The quantitative estimate of drug-likeness (QED) is 0.614. The zero-order chi connectivity index (χ0) is 8.85. The lowest BCUT2D eigenvalue weighted by atomic mass is 10.2. The first-order valence-electron chi connectivity index (χ1n) is 3.57. The summed E-state index contributed by atoms with van der Waals surface area (Å²) in [5.41, 5.74) is 0. The van der Waals surface area contributed by atoms with E-state index in [0.29, 0.717) is 12.5 Å². The molecule has 0 radical (unpaired) electrons. The third-order valence-corrected chi connectivity index (χ3v) is 0.960. The molecule has 0 atom stereocenters. The molecule has 0 heterocycles. The minimum atomic E-state index is -0.425. The maximum Gasteiger partial charge on any atom is 0.321 e. The molecule has 0 aliphatic carbocycles. The van der Waals surface area contributed by atoms with E-state index in [0.717, 1.165) is 0 Å². The fraction of sp³-hybridized carbons (Fsp3) is 0.714. The Labute approximate surface area is 66.4 Å². The van der Waals surface area contributed by atoms with Crippen LogP contribution in [0.2, 0.25) is 0 Å². The van der Waals surface area contributed by atoms with E-state index in [1.165, 1.54) is 6.92 Å². The van der Waals surface area contributed by atoms with Crippen molar-refractivity contribution in [1.29, 1.82) is 0 Å². The molecule has 0 aliphatic heterocycles. The third-order valence-electron chi connectivity index (χ3n) is 0.960. The van der Waals surface area contributed by atoms with Crippen LogP contribution in [0.1, 0.15) is 20.8 Å². The van der Waals surface area contributed by atoms with Gasteiger partial charge in [-0.25, -0.2) is 4.79 Å². The number of rotatable bonds is 2. The molecule has 4 nitrogen and oxygen atoms in total. The highest BCUT2D eigenvalue weighted by molar-refractivity contribution is 5.92. The number of urea groups is 1. The normalized spacial score (nSPS) is 9.45. The Hall–Kier alpha value is -1.06. The molecule has 0 aromatic rings. The highest BCUT2D eigenvalue weighted by Crippen LogP contribution is 1.85. The van der Waals surface area contributed by atoms with Crippen molar-refractivity contribution >= 4 is 11.9 Å². The van der Waals surface area contributed by atoms with Crippen LogP contribution in [0.25, 0.3) is 0 Å². The van der Waals surface area contributed by atoms with Gasteiger partial charge in [-0.3, -0.25) is 10.1 Å². The van der Waals surface area contributed by atoms with E-state index in [1.807, 2.05) is 13.8 Å². The lowest BCUT2D eigenvalue weighted by Crippen LogP contribution is -2.39. The average molecular weight is 158 g/mol. The summed E-state index contributed by atoms with van der Waals surface area (Å²) in [4.78, 5) is 21.0. The fourth-order valence-corrected chi connectivity index (χ4v) is 0.501. The lowest BCUT2D eigenvalue weighted by Gasteiger charge is -2.06. The summed E-state index contributed by atoms with van der Waals surface area (Å²) in [6, 6.07) is -0.425. The summed E-state index contributed by atoms with van der Waals surface area (Å²) in [6.45, 7) is 5.84. The third kappa shape index (κ3) is 6.83. The fourth-order valence-electron chi connectivity index (χ4n) is 0.501. The van der Waals surface area contributed by atoms with Gasteiger partial charge in [0, 0.05) is 13.5 Å². The minimum Gasteiger partial charge on any atom is -0.338 e. The second kappa shape index (κ2) is 4.71. The molecule has 0 spiro atoms. The standard InChI is InChI=1S/C7H14N2O2/c1-5(2)4-8-7(11)9-6(3)10/h5H,4H2,1-3H3,(H2,8,9,10,11). The van der Waals surface area contributed by atoms with E-state index in [1.54, 1.807) is 0 Å². The molecule has 0 unspecified atom stereocenters. The molecule has 0 fully saturated rings. The molecular formula is C7H14N2O2. The molecule has 3 amide bonds. The topological polar surface area (TPSA) is 58.2 Å². The van der Waals surface area contributed by atoms with Crippen LogP contribution in [0.3, 0.4) is 0 Å². The van der Waals surface area contributed by atoms with Gasteiger partial charge in [-0.05, 0) is 5.92 Å². The van der Waals surface area contributed by atoms with Crippen molar-refractivity contribution in [2.24, 2.45) is 5.92 Å². The van der Waals surface area contributed by atoms with Crippen molar-refractivity contribution in [3.8, 4) is 0 Å². The summed E-state index contributed by atoms with van der Waals surface area (Å²) in [6.07, 6.45) is 0. The van der Waals surface area contributed by atoms with Gasteiger partial charge in [-0.15, -0.1) is 0 Å². The van der Waals surface area contributed by atoms with Gasteiger partial charge >= 0.3 is 6.03 Å². The number of carbonyl (C=O) groups excluding carboxylic acids is 2. The van der Waals surface area contributed by atoms with Gasteiger partial charge < -0.3 is 5.32 Å². The van der Waals surface area contributed by atoms with Crippen LogP contribution in [-0.2, 0) is 4.79 Å². The van der Waals surface area contributed by atoms with Gasteiger partial charge in [0.2, 0.25) is 5.91 Å². The summed E-state index contributed by atoms with van der Waals surface area (Å²) in [5, 5.41) is 4.65. The Morgan fingerprint density at radius 3 is 2.27 bits per heavy atom. The predicted molar refractivity (Wildman–Crippen MR) is 42.1 cm³/mol. The van der Waals surface area contributed by atoms with Gasteiger partial charge in [0.1, 0.15) is 0 Å². The van der Waals surface area contributed by atoms with Gasteiger partial charge in [0.25, 0.3) is 0 Å². The number of hydrogen-bond acceptors (Lipinski definition) is 2. The van der Waals surface area contributed by atoms with Crippen molar-refractivity contribution in [1.82, 2.24) is 10.6 Å². The minimum absolute atomic E-state index is 0.341. The number of amides is 3. The molecule has 0 aliphatic rings. The first-order valence-corrected chi connectivity index (χ1v) is 3.57. The van der Waals surface area contributed by atoms with E-state index in [2.05, 4.69) is 10.6 Å². The molecular weight excluding hydrogens is 144 g/mol. The molecule has 0 aromatic heterocycles. The Kier molecular flexibility index (Phi) is 4.26. The predicted octanol–water partition coefficient (Wildman–Crippen LogP) is 0.488. The van der Waals surface area contributed by atoms with Crippen LogP contribution in [-0.4, -0.2) is 18.5 Å². The monoisotopic (exact) mass is 158 g/mol. The molecule has 0 saturated heterocycles. The number of carbonyl (C=O) groups is 2. The first-order chi connectivity index (χ1) is 5.02. The highest BCUT2D eigenvalue weighted by atomic mass is 16.2.